The van der Waals surface area contributed by atoms with Gasteiger partial charge in [0.15, 0.2) is 0 Å². The molecule has 0 bridgehead atoms. The molecule has 3 rings (SSSR count). The minimum Gasteiger partial charge on any atom is -0.273 e. The molecule has 0 atom stereocenters. The number of hydrogen-bond donors (Lipinski definition) is 2. The zero-order valence-electron chi connectivity index (χ0n) is 13.6. The first-order valence-electron chi connectivity index (χ1n) is 7.76. The molecule has 0 unspecified atom stereocenters. The fraction of sp³-hybridized carbons (Fsp3) is 0.167. The molecule has 0 saturated carbocycles. The average Bonchev–Trinajstić information content (AvgIpc) is 3.28. The van der Waals surface area contributed by atoms with Crippen LogP contribution in [-0.2, 0) is 11.2 Å². The molecule has 0 fully saturated rings. The molecular weight excluding hydrogens is 354 g/mol. The molecular formula is C18H17N3O2S2. The maximum atomic E-state index is 12.3. The van der Waals surface area contributed by atoms with Crippen LogP contribution in [-0.4, -0.2) is 16.8 Å². The van der Waals surface area contributed by atoms with Crippen molar-refractivity contribution < 1.29 is 9.59 Å². The van der Waals surface area contributed by atoms with Crippen LogP contribution < -0.4 is 10.9 Å². The number of aryl methyl sites for hydroxylation is 2. The number of thiazole rings is 1. The highest BCUT2D eigenvalue weighted by Gasteiger charge is 2.16. The predicted molar refractivity (Wildman–Crippen MR) is 101 cm³/mol. The first-order valence-corrected chi connectivity index (χ1v) is 9.52. The summed E-state index contributed by atoms with van der Waals surface area (Å²) in [6, 6.07) is 11.7. The number of rotatable bonds is 5. The van der Waals surface area contributed by atoms with Crippen molar-refractivity contribution in [1.29, 1.82) is 0 Å². The average molecular weight is 371 g/mol. The van der Waals surface area contributed by atoms with Gasteiger partial charge < -0.3 is 0 Å². The van der Waals surface area contributed by atoms with Crippen LogP contribution in [0.4, 0.5) is 0 Å². The highest BCUT2D eigenvalue weighted by atomic mass is 32.1. The number of nitrogens with zero attached hydrogens (tertiary/aromatic N) is 1. The Morgan fingerprint density at radius 2 is 1.92 bits per heavy atom. The maximum Gasteiger partial charge on any atom is 0.281 e. The second-order valence-corrected chi connectivity index (χ2v) is 7.21. The van der Waals surface area contributed by atoms with E-state index in [0.29, 0.717) is 23.4 Å². The molecule has 25 heavy (non-hydrogen) atoms. The molecule has 128 valence electrons. The van der Waals surface area contributed by atoms with Crippen molar-refractivity contribution in [3.63, 3.8) is 0 Å². The lowest BCUT2D eigenvalue weighted by Gasteiger charge is -2.06. The molecule has 1 aromatic carbocycles. The van der Waals surface area contributed by atoms with Gasteiger partial charge in [0.05, 0.1) is 5.69 Å². The van der Waals surface area contributed by atoms with Crippen molar-refractivity contribution in [3.8, 4) is 10.6 Å². The number of thiophene rings is 1. The predicted octanol–water partition coefficient (Wildman–Crippen LogP) is 3.57. The lowest BCUT2D eigenvalue weighted by Crippen LogP contribution is -2.41. The summed E-state index contributed by atoms with van der Waals surface area (Å²) in [5.41, 5.74) is 7.67. The van der Waals surface area contributed by atoms with Gasteiger partial charge in [0.1, 0.15) is 9.88 Å². The monoisotopic (exact) mass is 371 g/mol. The van der Waals surface area contributed by atoms with Crippen LogP contribution in [0.3, 0.4) is 0 Å². The molecule has 2 heterocycles. The summed E-state index contributed by atoms with van der Waals surface area (Å²) in [4.78, 5) is 29.1. The van der Waals surface area contributed by atoms with Gasteiger partial charge in [-0.1, -0.05) is 30.3 Å². The minimum atomic E-state index is -0.346. The molecule has 0 aliphatic rings. The number of aromatic nitrogens is 1. The number of hydrogen-bond acceptors (Lipinski definition) is 5. The van der Waals surface area contributed by atoms with Crippen LogP contribution in [0.15, 0.2) is 47.2 Å². The Hall–Kier alpha value is -2.51. The topological polar surface area (TPSA) is 71.1 Å². The van der Waals surface area contributed by atoms with Gasteiger partial charge in [0.25, 0.3) is 5.91 Å². The van der Waals surface area contributed by atoms with E-state index in [1.54, 1.807) is 18.3 Å². The largest absolute Gasteiger partial charge is 0.281 e. The summed E-state index contributed by atoms with van der Waals surface area (Å²) in [5.74, 6) is -0.564. The van der Waals surface area contributed by atoms with E-state index in [2.05, 4.69) is 15.8 Å². The molecule has 0 spiro atoms. The van der Waals surface area contributed by atoms with Crippen molar-refractivity contribution in [2.75, 3.05) is 0 Å². The Labute approximate surface area is 153 Å². The van der Waals surface area contributed by atoms with Gasteiger partial charge >= 0.3 is 0 Å². The number of benzene rings is 1. The van der Waals surface area contributed by atoms with Gasteiger partial charge in [-0.2, -0.15) is 11.3 Å². The molecule has 0 saturated heterocycles. The van der Waals surface area contributed by atoms with Crippen molar-refractivity contribution in [3.05, 3.63) is 63.3 Å². The van der Waals surface area contributed by atoms with E-state index < -0.39 is 0 Å². The van der Waals surface area contributed by atoms with Crippen molar-refractivity contribution in [2.24, 2.45) is 0 Å². The molecule has 3 aromatic rings. The third-order valence-corrected chi connectivity index (χ3v) is 5.50. The first kappa shape index (κ1) is 17.3. The highest BCUT2D eigenvalue weighted by molar-refractivity contribution is 7.17. The number of amides is 2. The normalized spacial score (nSPS) is 10.4. The molecule has 5 nitrogen and oxygen atoms in total. The lowest BCUT2D eigenvalue weighted by atomic mass is 10.2. The first-order chi connectivity index (χ1) is 12.1. The highest BCUT2D eigenvalue weighted by Crippen LogP contribution is 2.27. The third kappa shape index (κ3) is 4.52. The van der Waals surface area contributed by atoms with E-state index in [0.717, 1.165) is 16.1 Å². The summed E-state index contributed by atoms with van der Waals surface area (Å²) in [5, 5.41) is 4.77. The summed E-state index contributed by atoms with van der Waals surface area (Å²) < 4.78 is 0. The standard InChI is InChI=1S/C18H17N3O2S2/c1-12-16(25-18(19-12)14-5-3-2-4-6-14)17(23)21-20-15(22)8-7-13-9-10-24-11-13/h2-6,9-11H,7-8H2,1H3,(H,20,22)(H,21,23). The van der Waals surface area contributed by atoms with Gasteiger partial charge in [0.2, 0.25) is 5.91 Å². The van der Waals surface area contributed by atoms with Crippen LogP contribution in [0.25, 0.3) is 10.6 Å². The molecule has 2 aromatic heterocycles. The van der Waals surface area contributed by atoms with Gasteiger partial charge in [-0.15, -0.1) is 11.3 Å². The van der Waals surface area contributed by atoms with Crippen LogP contribution in [0.2, 0.25) is 0 Å². The Bertz CT molecular complexity index is 858. The van der Waals surface area contributed by atoms with Gasteiger partial charge in [0, 0.05) is 12.0 Å². The Morgan fingerprint density at radius 1 is 1.12 bits per heavy atom. The smallest absolute Gasteiger partial charge is 0.273 e. The Kier molecular flexibility index (Phi) is 5.57. The van der Waals surface area contributed by atoms with E-state index in [1.807, 2.05) is 47.2 Å². The number of nitrogens with one attached hydrogen (secondary N) is 2. The van der Waals surface area contributed by atoms with Crippen LogP contribution in [0.5, 0.6) is 0 Å². The summed E-state index contributed by atoms with van der Waals surface area (Å²) in [6.07, 6.45) is 0.983. The van der Waals surface area contributed by atoms with E-state index in [9.17, 15) is 9.59 Å². The minimum absolute atomic E-state index is 0.218. The zero-order chi connectivity index (χ0) is 17.6. The second kappa shape index (κ2) is 8.04. The van der Waals surface area contributed by atoms with Crippen LogP contribution in [0, 0.1) is 6.92 Å². The van der Waals surface area contributed by atoms with E-state index in [-0.39, 0.29) is 11.8 Å². The zero-order valence-corrected chi connectivity index (χ0v) is 15.2. The summed E-state index contributed by atoms with van der Waals surface area (Å²) in [7, 11) is 0. The van der Waals surface area contributed by atoms with Crippen LogP contribution in [0.1, 0.15) is 27.3 Å². The molecule has 0 radical (unpaired) electrons. The number of hydrazine groups is 1. The molecule has 0 aliphatic heterocycles. The van der Waals surface area contributed by atoms with Crippen molar-refractivity contribution in [2.45, 2.75) is 19.8 Å². The second-order valence-electron chi connectivity index (χ2n) is 5.43. The fourth-order valence-corrected chi connectivity index (χ4v) is 3.92. The van der Waals surface area contributed by atoms with Crippen molar-refractivity contribution >= 4 is 34.5 Å². The molecule has 2 N–H and O–H groups in total. The quantitative estimate of drug-likeness (QED) is 0.674. The Balaban J connectivity index is 1.56. The van der Waals surface area contributed by atoms with Crippen molar-refractivity contribution in [1.82, 2.24) is 15.8 Å². The number of carbonyl (C=O) groups is 2. The molecule has 7 heteroatoms. The summed E-state index contributed by atoms with van der Waals surface area (Å²) >= 11 is 2.91. The third-order valence-electron chi connectivity index (χ3n) is 3.56. The van der Waals surface area contributed by atoms with Gasteiger partial charge in [-0.05, 0) is 35.7 Å². The maximum absolute atomic E-state index is 12.3. The number of carbonyl (C=O) groups excluding carboxylic acids is 2. The van der Waals surface area contributed by atoms with E-state index in [1.165, 1.54) is 11.3 Å². The van der Waals surface area contributed by atoms with E-state index in [4.69, 9.17) is 0 Å². The Morgan fingerprint density at radius 3 is 2.64 bits per heavy atom. The summed E-state index contributed by atoms with van der Waals surface area (Å²) in [6.45, 7) is 1.79. The molecule has 0 aliphatic carbocycles. The van der Waals surface area contributed by atoms with Gasteiger partial charge in [-0.3, -0.25) is 20.4 Å². The van der Waals surface area contributed by atoms with Crippen LogP contribution >= 0.6 is 22.7 Å². The fourth-order valence-electron chi connectivity index (χ4n) is 2.25. The van der Waals surface area contributed by atoms with E-state index >= 15 is 0 Å². The van der Waals surface area contributed by atoms with Gasteiger partial charge in [-0.25, -0.2) is 4.98 Å². The lowest BCUT2D eigenvalue weighted by molar-refractivity contribution is -0.121. The molecule has 2 amide bonds. The SMILES string of the molecule is Cc1nc(-c2ccccc2)sc1C(=O)NNC(=O)CCc1ccsc1.